The molecule has 0 fully saturated rings. The van der Waals surface area contributed by atoms with Crippen molar-refractivity contribution >= 4 is 42.3 Å². The minimum atomic E-state index is -0.359. The number of hydrogen-bond donors (Lipinski definition) is 0. The molecule has 236 valence electrons. The Morgan fingerprint density at radius 1 is 0.460 bits per heavy atom. The zero-order valence-electron chi connectivity index (χ0n) is 27.8. The highest BCUT2D eigenvalue weighted by Crippen LogP contribution is 2.57. The lowest BCUT2D eigenvalue weighted by molar-refractivity contribution is 0.706. The van der Waals surface area contributed by atoms with Crippen molar-refractivity contribution in [3.63, 3.8) is 0 Å². The van der Waals surface area contributed by atoms with Crippen LogP contribution in [0.5, 0.6) is 0 Å². The molecule has 0 saturated heterocycles. The van der Waals surface area contributed by atoms with E-state index in [0.717, 1.165) is 0 Å². The monoisotopic (exact) mass is 654 g/mol. The van der Waals surface area contributed by atoms with Crippen LogP contribution in [0.25, 0.3) is 53.2 Å². The van der Waals surface area contributed by atoms with Gasteiger partial charge in [0.1, 0.15) is 0 Å². The molecule has 0 nitrogen and oxygen atoms in total. The normalized spacial score (nSPS) is 13.8. The van der Waals surface area contributed by atoms with E-state index in [1.807, 2.05) is 11.3 Å². The van der Waals surface area contributed by atoms with E-state index in [9.17, 15) is 0 Å². The minimum Gasteiger partial charge on any atom is -0.135 e. The number of rotatable bonds is 5. The summed E-state index contributed by atoms with van der Waals surface area (Å²) in [5, 5.41) is 5.20. The van der Waals surface area contributed by atoms with Crippen LogP contribution in [0, 0.1) is 0 Å². The molecule has 1 atom stereocenters. The van der Waals surface area contributed by atoms with Gasteiger partial charge in [-0.05, 0) is 79.4 Å². The molecule has 50 heavy (non-hydrogen) atoms. The largest absolute Gasteiger partial charge is 0.135 e. The SMILES string of the molecule is CC1(c2c(C(c3ccc(-c4ccccc4)cc3)c3ccc4ccccc4c3)ccc3c2sc2ccccc23)c2ccccc2-c2ccccc21. The Balaban J connectivity index is 1.31. The van der Waals surface area contributed by atoms with Crippen molar-refractivity contribution in [2.45, 2.75) is 18.3 Å². The van der Waals surface area contributed by atoms with E-state index in [0.29, 0.717) is 0 Å². The summed E-state index contributed by atoms with van der Waals surface area (Å²) in [6, 6.07) is 67.8. The molecule has 1 heterocycles. The summed E-state index contributed by atoms with van der Waals surface area (Å²) in [6.45, 7) is 2.48. The molecule has 9 aromatic rings. The van der Waals surface area contributed by atoms with Crippen LogP contribution in [0.15, 0.2) is 182 Å². The fourth-order valence-electron chi connectivity index (χ4n) is 8.72. The minimum absolute atomic E-state index is 0.0193. The summed E-state index contributed by atoms with van der Waals surface area (Å²) >= 11 is 1.95. The first-order chi connectivity index (χ1) is 24.7. The second-order valence-corrected chi connectivity index (χ2v) is 14.8. The van der Waals surface area contributed by atoms with Gasteiger partial charge in [0, 0.05) is 31.5 Å². The van der Waals surface area contributed by atoms with Gasteiger partial charge in [0.05, 0.1) is 0 Å². The molecule has 1 aliphatic carbocycles. The Morgan fingerprint density at radius 2 is 1.06 bits per heavy atom. The highest BCUT2D eigenvalue weighted by Gasteiger charge is 2.44. The molecule has 0 bridgehead atoms. The van der Waals surface area contributed by atoms with Crippen LogP contribution in [0.3, 0.4) is 0 Å². The highest BCUT2D eigenvalue weighted by atomic mass is 32.1. The lowest BCUT2D eigenvalue weighted by Crippen LogP contribution is -2.25. The maximum Gasteiger partial charge on any atom is 0.0452 e. The lowest BCUT2D eigenvalue weighted by atomic mass is 9.69. The Kier molecular flexibility index (Phi) is 6.66. The average molecular weight is 655 g/mol. The van der Waals surface area contributed by atoms with Gasteiger partial charge in [-0.15, -0.1) is 11.3 Å². The summed E-state index contributed by atoms with van der Waals surface area (Å²) in [4.78, 5) is 0. The molecule has 0 saturated carbocycles. The number of thiophene rings is 1. The van der Waals surface area contributed by atoms with Crippen LogP contribution in [-0.4, -0.2) is 0 Å². The number of hydrogen-bond acceptors (Lipinski definition) is 1. The Hall–Kier alpha value is -5.76. The summed E-state index contributed by atoms with van der Waals surface area (Å²) < 4.78 is 2.71. The van der Waals surface area contributed by atoms with Crippen LogP contribution in [0.4, 0.5) is 0 Å². The topological polar surface area (TPSA) is 0 Å². The molecular formula is C49H34S. The first kappa shape index (κ1) is 29.2. The molecule has 0 amide bonds. The molecule has 1 aliphatic rings. The van der Waals surface area contributed by atoms with Crippen molar-refractivity contribution < 1.29 is 0 Å². The summed E-state index contributed by atoms with van der Waals surface area (Å²) in [7, 11) is 0. The van der Waals surface area contributed by atoms with Gasteiger partial charge in [-0.1, -0.05) is 176 Å². The Labute approximate surface area is 296 Å². The van der Waals surface area contributed by atoms with Gasteiger partial charge in [-0.2, -0.15) is 0 Å². The Morgan fingerprint density at radius 3 is 1.82 bits per heavy atom. The molecule has 1 aromatic heterocycles. The lowest BCUT2D eigenvalue weighted by Gasteiger charge is -2.34. The zero-order valence-corrected chi connectivity index (χ0v) is 28.6. The van der Waals surface area contributed by atoms with Gasteiger partial charge in [0.2, 0.25) is 0 Å². The molecule has 10 rings (SSSR count). The Bertz CT molecular complexity index is 2670. The summed E-state index contributed by atoms with van der Waals surface area (Å²) in [5.41, 5.74) is 12.9. The number of fused-ring (bicyclic) bond motifs is 7. The number of benzene rings is 8. The second-order valence-electron chi connectivity index (χ2n) is 13.7. The first-order valence-electron chi connectivity index (χ1n) is 17.5. The molecule has 0 spiro atoms. The fraction of sp³-hybridized carbons (Fsp3) is 0.0612. The molecule has 1 heteroatoms. The smallest absolute Gasteiger partial charge is 0.0452 e. The third-order valence-corrected chi connectivity index (χ3v) is 12.3. The van der Waals surface area contributed by atoms with Gasteiger partial charge in [0.15, 0.2) is 0 Å². The third kappa shape index (κ3) is 4.37. The van der Waals surface area contributed by atoms with E-state index in [1.54, 1.807) is 0 Å². The van der Waals surface area contributed by atoms with Gasteiger partial charge in [-0.3, -0.25) is 0 Å². The van der Waals surface area contributed by atoms with Crippen LogP contribution in [0.2, 0.25) is 0 Å². The molecule has 8 aromatic carbocycles. The van der Waals surface area contributed by atoms with Crippen molar-refractivity contribution in [3.8, 4) is 22.3 Å². The van der Waals surface area contributed by atoms with Crippen LogP contribution >= 0.6 is 11.3 Å². The van der Waals surface area contributed by atoms with Crippen molar-refractivity contribution in [2.75, 3.05) is 0 Å². The molecule has 0 radical (unpaired) electrons. The predicted octanol–water partition coefficient (Wildman–Crippen LogP) is 13.4. The quantitative estimate of drug-likeness (QED) is 0.162. The second kappa shape index (κ2) is 11.4. The standard InChI is InChI=1S/C49H34S/c1-49(43-20-10-7-17-38(43)39-18-8-11-21-44(39)49)47-42(30-29-41-40-19-9-12-22-45(40)50-48(41)47)46(37-28-25-33-15-5-6-16-36(33)31-37)35-26-23-34(24-27-35)32-13-3-2-4-14-32/h2-31,46H,1H3. The molecular weight excluding hydrogens is 621 g/mol. The van der Waals surface area contributed by atoms with E-state index >= 15 is 0 Å². The van der Waals surface area contributed by atoms with E-state index in [4.69, 9.17) is 0 Å². The maximum atomic E-state index is 2.48. The zero-order chi connectivity index (χ0) is 33.2. The molecule has 1 unspecified atom stereocenters. The van der Waals surface area contributed by atoms with Crippen LogP contribution in [-0.2, 0) is 5.41 Å². The average Bonchev–Trinajstić information content (AvgIpc) is 3.69. The summed E-state index contributed by atoms with van der Waals surface area (Å²) in [6.07, 6.45) is 0. The highest BCUT2D eigenvalue weighted by molar-refractivity contribution is 7.26. The van der Waals surface area contributed by atoms with Gasteiger partial charge < -0.3 is 0 Å². The predicted molar refractivity (Wildman–Crippen MR) is 214 cm³/mol. The van der Waals surface area contributed by atoms with Crippen molar-refractivity contribution in [3.05, 3.63) is 215 Å². The maximum absolute atomic E-state index is 2.48. The molecule has 0 aliphatic heterocycles. The fourth-order valence-corrected chi connectivity index (χ4v) is 10.1. The summed E-state index contributed by atoms with van der Waals surface area (Å²) in [5.74, 6) is 0.0193. The third-order valence-electron chi connectivity index (χ3n) is 11.1. The van der Waals surface area contributed by atoms with Crippen LogP contribution in [0.1, 0.15) is 46.2 Å². The van der Waals surface area contributed by atoms with E-state index in [1.165, 1.54) is 86.6 Å². The molecule has 0 N–H and O–H groups in total. The van der Waals surface area contributed by atoms with E-state index in [2.05, 4.69) is 189 Å². The van der Waals surface area contributed by atoms with Crippen molar-refractivity contribution in [1.29, 1.82) is 0 Å². The van der Waals surface area contributed by atoms with Crippen molar-refractivity contribution in [2.24, 2.45) is 0 Å². The van der Waals surface area contributed by atoms with Gasteiger partial charge in [0.25, 0.3) is 0 Å². The van der Waals surface area contributed by atoms with Gasteiger partial charge in [-0.25, -0.2) is 0 Å². The van der Waals surface area contributed by atoms with E-state index < -0.39 is 0 Å². The first-order valence-corrected chi connectivity index (χ1v) is 18.3. The van der Waals surface area contributed by atoms with E-state index in [-0.39, 0.29) is 11.3 Å². The van der Waals surface area contributed by atoms with Crippen LogP contribution < -0.4 is 0 Å². The van der Waals surface area contributed by atoms with Gasteiger partial charge >= 0.3 is 0 Å². The van der Waals surface area contributed by atoms with Crippen molar-refractivity contribution in [1.82, 2.24) is 0 Å².